The fourth-order valence-electron chi connectivity index (χ4n) is 0.891. The van der Waals surface area contributed by atoms with Gasteiger partial charge in [0.2, 0.25) is 5.91 Å². The summed E-state index contributed by atoms with van der Waals surface area (Å²) in [5.74, 6) is 1.20. The molecule has 1 fully saturated rings. The normalized spacial score (nSPS) is 25.6. The molecule has 1 rings (SSSR count). The summed E-state index contributed by atoms with van der Waals surface area (Å²) in [5, 5.41) is 2.93. The number of carbonyl (C=O) groups excluding carboxylic acids is 1. The summed E-state index contributed by atoms with van der Waals surface area (Å²) in [6, 6.07) is 0. The van der Waals surface area contributed by atoms with Gasteiger partial charge >= 0.3 is 0 Å². The number of allylic oxidation sites excluding steroid dienone is 1. The number of hydrogen-bond acceptors (Lipinski definition) is 2. The molecule has 0 spiro atoms. The van der Waals surface area contributed by atoms with E-state index in [4.69, 9.17) is 0 Å². The van der Waals surface area contributed by atoms with Gasteiger partial charge in [-0.05, 0) is 6.42 Å². The smallest absolute Gasteiger partial charge is 0.233 e. The number of thioether (sulfide) groups is 1. The molecule has 0 radical (unpaired) electrons. The molecule has 0 aromatic rings. The number of carbonyl (C=O) groups is 1. The molecule has 0 bridgehead atoms. The summed E-state index contributed by atoms with van der Waals surface area (Å²) in [7, 11) is 0. The van der Waals surface area contributed by atoms with Gasteiger partial charge in [-0.25, -0.2) is 0 Å². The Kier molecular flexibility index (Phi) is 2.81. The van der Waals surface area contributed by atoms with Gasteiger partial charge in [0.25, 0.3) is 0 Å². The Morgan fingerprint density at radius 2 is 2.70 bits per heavy atom. The lowest BCUT2D eigenvalue weighted by molar-refractivity contribution is -0.120. The fourth-order valence-corrected chi connectivity index (χ4v) is 1.90. The Morgan fingerprint density at radius 3 is 3.30 bits per heavy atom. The lowest BCUT2D eigenvalue weighted by Crippen LogP contribution is -2.38. The first-order valence-electron chi connectivity index (χ1n) is 3.35. The Bertz CT molecular complexity index is 147. The van der Waals surface area contributed by atoms with Crippen LogP contribution in [0.25, 0.3) is 0 Å². The maximum absolute atomic E-state index is 11.0. The molecule has 1 atom stereocenters. The van der Waals surface area contributed by atoms with E-state index in [2.05, 4.69) is 11.9 Å². The van der Waals surface area contributed by atoms with Crippen molar-refractivity contribution in [3.8, 4) is 0 Å². The van der Waals surface area contributed by atoms with Crippen LogP contribution in [-0.2, 0) is 4.79 Å². The van der Waals surface area contributed by atoms with Gasteiger partial charge in [0.05, 0.1) is 5.25 Å². The summed E-state index contributed by atoms with van der Waals surface area (Å²) >= 11 is 1.71. The molecule has 1 heterocycles. The summed E-state index contributed by atoms with van der Waals surface area (Å²) in [6.07, 6.45) is 2.58. The molecule has 3 heteroatoms. The molecular formula is C7H11NOS. The Hall–Kier alpha value is -0.440. The average Bonchev–Trinajstić information content (AvgIpc) is 1.94. The third-order valence-corrected chi connectivity index (χ3v) is 2.64. The topological polar surface area (TPSA) is 29.1 Å². The van der Waals surface area contributed by atoms with E-state index in [-0.39, 0.29) is 11.2 Å². The number of rotatable bonds is 2. The van der Waals surface area contributed by atoms with Gasteiger partial charge in [-0.2, -0.15) is 0 Å². The molecule has 1 N–H and O–H groups in total. The fraction of sp³-hybridized carbons (Fsp3) is 0.571. The molecular weight excluding hydrogens is 146 g/mol. The highest BCUT2D eigenvalue weighted by atomic mass is 32.2. The second-order valence-electron chi connectivity index (χ2n) is 2.17. The SMILES string of the molecule is C=CCC1SCCNC1=O. The van der Waals surface area contributed by atoms with Crippen molar-refractivity contribution in [3.05, 3.63) is 12.7 Å². The molecule has 0 aromatic carbocycles. The first-order chi connectivity index (χ1) is 4.84. The van der Waals surface area contributed by atoms with E-state index in [1.54, 1.807) is 17.8 Å². The lowest BCUT2D eigenvalue weighted by Gasteiger charge is -2.19. The largest absolute Gasteiger partial charge is 0.354 e. The summed E-state index contributed by atoms with van der Waals surface area (Å²) in [4.78, 5) is 11.0. The highest BCUT2D eigenvalue weighted by molar-refractivity contribution is 8.00. The Labute approximate surface area is 65.1 Å². The minimum absolute atomic E-state index is 0.117. The molecule has 2 nitrogen and oxygen atoms in total. The zero-order valence-corrected chi connectivity index (χ0v) is 6.62. The number of amides is 1. The van der Waals surface area contributed by atoms with Crippen molar-refractivity contribution in [3.63, 3.8) is 0 Å². The van der Waals surface area contributed by atoms with E-state index in [1.165, 1.54) is 0 Å². The quantitative estimate of drug-likeness (QED) is 0.600. The van der Waals surface area contributed by atoms with E-state index < -0.39 is 0 Å². The van der Waals surface area contributed by atoms with Gasteiger partial charge in [-0.15, -0.1) is 18.3 Å². The summed E-state index contributed by atoms with van der Waals surface area (Å²) in [5.41, 5.74) is 0. The van der Waals surface area contributed by atoms with Gasteiger partial charge in [-0.1, -0.05) is 6.08 Å². The van der Waals surface area contributed by atoms with Crippen LogP contribution < -0.4 is 5.32 Å². The van der Waals surface area contributed by atoms with Crippen molar-refractivity contribution in [1.82, 2.24) is 5.32 Å². The molecule has 1 aliphatic heterocycles. The second kappa shape index (κ2) is 3.66. The second-order valence-corrected chi connectivity index (χ2v) is 3.49. The number of hydrogen-bond donors (Lipinski definition) is 1. The molecule has 0 aliphatic carbocycles. The van der Waals surface area contributed by atoms with Gasteiger partial charge in [0.15, 0.2) is 0 Å². The van der Waals surface area contributed by atoms with Crippen molar-refractivity contribution < 1.29 is 4.79 Å². The molecule has 56 valence electrons. The maximum Gasteiger partial charge on any atom is 0.233 e. The van der Waals surface area contributed by atoms with Crippen LogP contribution in [0.2, 0.25) is 0 Å². The van der Waals surface area contributed by atoms with Crippen molar-refractivity contribution >= 4 is 17.7 Å². The third-order valence-electron chi connectivity index (χ3n) is 1.39. The van der Waals surface area contributed by atoms with Crippen LogP contribution in [0, 0.1) is 0 Å². The summed E-state index contributed by atoms with van der Waals surface area (Å²) in [6.45, 7) is 4.41. The minimum atomic E-state index is 0.117. The van der Waals surface area contributed by atoms with Crippen molar-refractivity contribution in [1.29, 1.82) is 0 Å². The monoisotopic (exact) mass is 157 g/mol. The minimum Gasteiger partial charge on any atom is -0.354 e. The van der Waals surface area contributed by atoms with Crippen molar-refractivity contribution in [2.45, 2.75) is 11.7 Å². The first kappa shape index (κ1) is 7.66. The maximum atomic E-state index is 11.0. The molecule has 1 saturated heterocycles. The van der Waals surface area contributed by atoms with Crippen LogP contribution in [-0.4, -0.2) is 23.5 Å². The van der Waals surface area contributed by atoms with Crippen LogP contribution in [0.4, 0.5) is 0 Å². The van der Waals surface area contributed by atoms with E-state index in [1.807, 2.05) is 0 Å². The van der Waals surface area contributed by atoms with E-state index in [0.29, 0.717) is 0 Å². The van der Waals surface area contributed by atoms with Crippen LogP contribution in [0.5, 0.6) is 0 Å². The first-order valence-corrected chi connectivity index (χ1v) is 4.39. The molecule has 1 aliphatic rings. The van der Waals surface area contributed by atoms with Gasteiger partial charge in [-0.3, -0.25) is 4.79 Å². The summed E-state index contributed by atoms with van der Waals surface area (Å²) < 4.78 is 0. The predicted octanol–water partition coefficient (Wildman–Crippen LogP) is 0.794. The third kappa shape index (κ3) is 1.77. The van der Waals surface area contributed by atoms with Crippen molar-refractivity contribution in [2.24, 2.45) is 0 Å². The zero-order valence-electron chi connectivity index (χ0n) is 5.80. The number of nitrogens with one attached hydrogen (secondary N) is 1. The van der Waals surface area contributed by atoms with Crippen molar-refractivity contribution in [2.75, 3.05) is 12.3 Å². The molecule has 0 aromatic heterocycles. The van der Waals surface area contributed by atoms with E-state index in [9.17, 15) is 4.79 Å². The predicted molar refractivity (Wildman–Crippen MR) is 44.1 cm³/mol. The molecule has 10 heavy (non-hydrogen) atoms. The van der Waals surface area contributed by atoms with Crippen LogP contribution in [0.1, 0.15) is 6.42 Å². The van der Waals surface area contributed by atoms with Crippen LogP contribution >= 0.6 is 11.8 Å². The standard InChI is InChI=1S/C7H11NOS/c1-2-3-6-7(9)8-4-5-10-6/h2,6H,1,3-5H2,(H,8,9). The molecule has 0 saturated carbocycles. The zero-order chi connectivity index (χ0) is 7.40. The Balaban J connectivity index is 2.39. The van der Waals surface area contributed by atoms with E-state index in [0.717, 1.165) is 18.7 Å². The average molecular weight is 157 g/mol. The van der Waals surface area contributed by atoms with Gasteiger partial charge in [0, 0.05) is 12.3 Å². The lowest BCUT2D eigenvalue weighted by atomic mass is 10.3. The molecule has 1 unspecified atom stereocenters. The van der Waals surface area contributed by atoms with Crippen LogP contribution in [0.3, 0.4) is 0 Å². The molecule has 1 amide bonds. The van der Waals surface area contributed by atoms with Gasteiger partial charge < -0.3 is 5.32 Å². The highest BCUT2D eigenvalue weighted by Gasteiger charge is 2.20. The Morgan fingerprint density at radius 1 is 1.90 bits per heavy atom. The van der Waals surface area contributed by atoms with Gasteiger partial charge in [0.1, 0.15) is 0 Å². The van der Waals surface area contributed by atoms with E-state index >= 15 is 0 Å². The van der Waals surface area contributed by atoms with Crippen LogP contribution in [0.15, 0.2) is 12.7 Å². The highest BCUT2D eigenvalue weighted by Crippen LogP contribution is 2.17.